The monoisotopic (exact) mass is 463 g/mol. The lowest BCUT2D eigenvalue weighted by molar-refractivity contribution is -0.145. The minimum Gasteiger partial charge on any atom is -0.479 e. The highest BCUT2D eigenvalue weighted by Crippen LogP contribution is 2.34. The second kappa shape index (κ2) is 9.72. The molecule has 0 aliphatic heterocycles. The fourth-order valence-corrected chi connectivity index (χ4v) is 3.66. The molecule has 168 valence electrons. The van der Waals surface area contributed by atoms with Gasteiger partial charge < -0.3 is 15.6 Å². The molecule has 0 fully saturated rings. The molecule has 0 aliphatic carbocycles. The van der Waals surface area contributed by atoms with Crippen molar-refractivity contribution in [3.8, 4) is 22.9 Å². The number of aliphatic carboxylic acids is 1. The summed E-state index contributed by atoms with van der Waals surface area (Å²) in [6.07, 6.45) is 0.799. The van der Waals surface area contributed by atoms with Gasteiger partial charge in [-0.05, 0) is 67.8 Å². The summed E-state index contributed by atoms with van der Waals surface area (Å²) in [6, 6.07) is 11.7. The predicted octanol–water partition coefficient (Wildman–Crippen LogP) is 4.95. The first-order valence-electron chi connectivity index (χ1n) is 10.2. The summed E-state index contributed by atoms with van der Waals surface area (Å²) >= 11 is 6.40. The Balaban J connectivity index is 1.99. The van der Waals surface area contributed by atoms with E-state index in [1.807, 2.05) is 13.0 Å². The lowest BCUT2D eigenvalue weighted by atomic mass is 9.94. The number of rotatable bonds is 7. The molecule has 3 aromatic rings. The summed E-state index contributed by atoms with van der Waals surface area (Å²) in [5, 5.41) is 18.7. The van der Waals surface area contributed by atoms with Crippen LogP contribution in [0.2, 0.25) is 5.02 Å². The van der Waals surface area contributed by atoms with Gasteiger partial charge in [-0.2, -0.15) is 5.26 Å². The van der Waals surface area contributed by atoms with Crippen molar-refractivity contribution >= 4 is 29.0 Å². The third-order valence-electron chi connectivity index (χ3n) is 5.38. The van der Waals surface area contributed by atoms with Crippen molar-refractivity contribution in [2.24, 2.45) is 0 Å². The first-order valence-corrected chi connectivity index (χ1v) is 10.6. The van der Waals surface area contributed by atoms with Crippen LogP contribution in [0, 0.1) is 25.2 Å². The molecule has 3 N–H and O–H groups in total. The molecule has 1 atom stereocenters. The first-order chi connectivity index (χ1) is 15.7. The number of carbonyl (C=O) groups is 2. The summed E-state index contributed by atoms with van der Waals surface area (Å²) in [5.74, 6) is -1.14. The van der Waals surface area contributed by atoms with Gasteiger partial charge in [0, 0.05) is 33.5 Å². The lowest BCUT2D eigenvalue weighted by Gasteiger charge is -2.17. The van der Waals surface area contributed by atoms with E-state index in [9.17, 15) is 14.7 Å². The zero-order chi connectivity index (χ0) is 24.3. The van der Waals surface area contributed by atoms with Gasteiger partial charge >= 0.3 is 5.97 Å². The number of halogens is 1. The molecule has 0 radical (unpaired) electrons. The Hall–Kier alpha value is -3.89. The molecule has 1 unspecified atom stereocenters. The van der Waals surface area contributed by atoms with Crippen LogP contribution in [-0.2, 0) is 4.79 Å². The Labute approximate surface area is 196 Å². The Bertz CT molecular complexity index is 1300. The van der Waals surface area contributed by atoms with E-state index in [0.717, 1.165) is 5.56 Å². The molecule has 33 heavy (non-hydrogen) atoms. The number of pyridine rings is 1. The first kappa shape index (κ1) is 23.8. The van der Waals surface area contributed by atoms with Gasteiger partial charge in [-0.3, -0.25) is 4.79 Å². The van der Waals surface area contributed by atoms with Crippen LogP contribution < -0.4 is 10.5 Å². The highest BCUT2D eigenvalue weighted by Gasteiger charge is 2.22. The SMILES string of the molecule is CCC(Oc1ccc(C(=O)c2ccc(Cl)c(-c3cnc(C#N)cc3C)c2)c(C)c1N)C(=O)O. The number of hydrogen-bond acceptors (Lipinski definition) is 6. The number of carboxylic acids is 1. The molecule has 1 heterocycles. The van der Waals surface area contributed by atoms with E-state index < -0.39 is 12.1 Å². The largest absolute Gasteiger partial charge is 0.479 e. The number of nitrogens with zero attached hydrogens (tertiary/aromatic N) is 2. The van der Waals surface area contributed by atoms with Crippen LogP contribution in [-0.4, -0.2) is 27.9 Å². The van der Waals surface area contributed by atoms with Crippen LogP contribution in [0.25, 0.3) is 11.1 Å². The van der Waals surface area contributed by atoms with Gasteiger partial charge in [-0.1, -0.05) is 18.5 Å². The van der Waals surface area contributed by atoms with Crippen molar-refractivity contribution in [1.82, 2.24) is 4.98 Å². The summed E-state index contributed by atoms with van der Waals surface area (Å²) in [7, 11) is 0. The number of aromatic nitrogens is 1. The van der Waals surface area contributed by atoms with E-state index in [0.29, 0.717) is 38.5 Å². The normalized spacial score (nSPS) is 11.5. The summed E-state index contributed by atoms with van der Waals surface area (Å²) in [5.41, 5.74) is 10.1. The number of aryl methyl sites for hydroxylation is 1. The third kappa shape index (κ3) is 4.81. The van der Waals surface area contributed by atoms with Gasteiger partial charge in [-0.15, -0.1) is 0 Å². The maximum Gasteiger partial charge on any atom is 0.344 e. The van der Waals surface area contributed by atoms with Crippen molar-refractivity contribution in [2.75, 3.05) is 5.73 Å². The van der Waals surface area contributed by atoms with Crippen molar-refractivity contribution in [2.45, 2.75) is 33.3 Å². The molecule has 0 spiro atoms. The van der Waals surface area contributed by atoms with E-state index in [1.54, 1.807) is 50.4 Å². The quantitative estimate of drug-likeness (QED) is 0.375. The topological polar surface area (TPSA) is 126 Å². The molecule has 0 amide bonds. The van der Waals surface area contributed by atoms with Gasteiger partial charge in [0.25, 0.3) is 0 Å². The number of hydrogen-bond donors (Lipinski definition) is 2. The molecule has 7 nitrogen and oxygen atoms in total. The Kier molecular flexibility index (Phi) is 7.00. The van der Waals surface area contributed by atoms with Crippen LogP contribution >= 0.6 is 11.6 Å². The second-order valence-electron chi connectivity index (χ2n) is 7.52. The Morgan fingerprint density at radius 3 is 2.55 bits per heavy atom. The Morgan fingerprint density at radius 2 is 1.94 bits per heavy atom. The van der Waals surface area contributed by atoms with Crippen LogP contribution in [0.4, 0.5) is 5.69 Å². The molecule has 3 rings (SSSR count). The molecule has 8 heteroatoms. The van der Waals surface area contributed by atoms with Gasteiger partial charge in [0.2, 0.25) is 0 Å². The zero-order valence-electron chi connectivity index (χ0n) is 18.3. The Morgan fingerprint density at radius 1 is 1.21 bits per heavy atom. The standard InChI is InChI=1S/C25H22ClN3O4/c1-4-21(25(31)32)33-22-8-6-17(14(3)23(22)28)24(30)15-5-7-20(26)18(10-15)19-12-29-16(11-27)9-13(19)2/h5-10,12,21H,4,28H2,1-3H3,(H,31,32). The van der Waals surface area contributed by atoms with Crippen LogP contribution in [0.5, 0.6) is 5.75 Å². The second-order valence-corrected chi connectivity index (χ2v) is 7.93. The molecule has 1 aromatic heterocycles. The summed E-state index contributed by atoms with van der Waals surface area (Å²) in [4.78, 5) is 28.7. The molecule has 0 saturated carbocycles. The van der Waals surface area contributed by atoms with Crippen LogP contribution in [0.1, 0.15) is 46.1 Å². The number of nitrogens with two attached hydrogens (primary N) is 1. The van der Waals surface area contributed by atoms with E-state index in [4.69, 9.17) is 27.3 Å². The van der Waals surface area contributed by atoms with E-state index in [2.05, 4.69) is 4.98 Å². The molecular formula is C25H22ClN3O4. The molecule has 0 bridgehead atoms. The molecule has 0 saturated heterocycles. The van der Waals surface area contributed by atoms with Gasteiger partial charge in [0.15, 0.2) is 11.9 Å². The van der Waals surface area contributed by atoms with Gasteiger partial charge in [0.1, 0.15) is 17.5 Å². The predicted molar refractivity (Wildman–Crippen MR) is 126 cm³/mol. The van der Waals surface area contributed by atoms with Gasteiger partial charge in [-0.25, -0.2) is 9.78 Å². The smallest absolute Gasteiger partial charge is 0.344 e. The average Bonchev–Trinajstić information content (AvgIpc) is 2.80. The highest BCUT2D eigenvalue weighted by molar-refractivity contribution is 6.33. The minimum atomic E-state index is -1.09. The maximum atomic E-state index is 13.3. The van der Waals surface area contributed by atoms with Gasteiger partial charge in [0.05, 0.1) is 5.69 Å². The maximum absolute atomic E-state index is 13.3. The number of carboxylic acid groups (broad SMARTS) is 1. The van der Waals surface area contributed by atoms with Crippen molar-refractivity contribution in [3.05, 3.63) is 75.6 Å². The highest BCUT2D eigenvalue weighted by atomic mass is 35.5. The number of nitriles is 1. The summed E-state index contributed by atoms with van der Waals surface area (Å²) < 4.78 is 5.52. The van der Waals surface area contributed by atoms with Crippen molar-refractivity contribution < 1.29 is 19.4 Å². The third-order valence-corrected chi connectivity index (χ3v) is 5.71. The number of carbonyl (C=O) groups excluding carboxylic acids is 1. The fraction of sp³-hybridized carbons (Fsp3) is 0.200. The summed E-state index contributed by atoms with van der Waals surface area (Å²) in [6.45, 7) is 5.22. The van der Waals surface area contributed by atoms with Crippen molar-refractivity contribution in [3.63, 3.8) is 0 Å². The lowest BCUT2D eigenvalue weighted by Crippen LogP contribution is -2.26. The zero-order valence-corrected chi connectivity index (χ0v) is 19.1. The minimum absolute atomic E-state index is 0.210. The number of nitrogen functional groups attached to an aromatic ring is 1. The molecule has 0 aliphatic rings. The van der Waals surface area contributed by atoms with E-state index in [1.165, 1.54) is 6.07 Å². The average molecular weight is 464 g/mol. The number of ketones is 1. The number of anilines is 1. The van der Waals surface area contributed by atoms with Crippen molar-refractivity contribution in [1.29, 1.82) is 5.26 Å². The van der Waals surface area contributed by atoms with E-state index >= 15 is 0 Å². The number of benzene rings is 2. The fourth-order valence-electron chi connectivity index (χ4n) is 3.44. The molecular weight excluding hydrogens is 442 g/mol. The van der Waals surface area contributed by atoms with Crippen LogP contribution in [0.3, 0.4) is 0 Å². The number of ether oxygens (including phenoxy) is 1. The molecule has 2 aromatic carbocycles. The van der Waals surface area contributed by atoms with E-state index in [-0.39, 0.29) is 23.6 Å². The van der Waals surface area contributed by atoms with Crippen LogP contribution in [0.15, 0.2) is 42.6 Å².